The molecule has 2 aliphatic heterocycles. The Labute approximate surface area is 255 Å². The van der Waals surface area contributed by atoms with E-state index in [1.54, 1.807) is 16.7 Å². The number of unbranched alkanes of at least 4 members (excludes halogenated alkanes) is 2. The molecule has 0 saturated carbocycles. The molecule has 0 radical (unpaired) electrons. The molecule has 1 aromatic heterocycles. The number of carbonyl (C=O) groups is 2. The molecule has 13 heteroatoms. The number of benzene rings is 3. The first kappa shape index (κ1) is 29.3. The van der Waals surface area contributed by atoms with Crippen LogP contribution in [0.2, 0.25) is 0 Å². The van der Waals surface area contributed by atoms with E-state index in [1.807, 2.05) is 18.2 Å². The van der Waals surface area contributed by atoms with Gasteiger partial charge in [0.05, 0.1) is 16.7 Å². The summed E-state index contributed by atoms with van der Waals surface area (Å²) in [5.74, 6) is 1.56. The molecule has 3 heterocycles. The highest BCUT2D eigenvalue weighted by atomic mass is 32.2. The van der Waals surface area contributed by atoms with Crippen LogP contribution in [-0.4, -0.2) is 40.7 Å². The monoisotopic (exact) mass is 620 g/mol. The van der Waals surface area contributed by atoms with Gasteiger partial charge >= 0.3 is 0 Å². The Bertz CT molecular complexity index is 1760. The number of halogens is 1. The lowest BCUT2D eigenvalue weighted by atomic mass is 10.1. The van der Waals surface area contributed by atoms with Gasteiger partial charge in [0.1, 0.15) is 5.82 Å². The van der Waals surface area contributed by atoms with Gasteiger partial charge in [-0.05, 0) is 60.9 Å². The third-order valence-electron chi connectivity index (χ3n) is 7.09. The van der Waals surface area contributed by atoms with Gasteiger partial charge in [-0.2, -0.15) is 0 Å². The van der Waals surface area contributed by atoms with Crippen molar-refractivity contribution in [3.05, 3.63) is 76.3 Å². The Balaban J connectivity index is 1.06. The van der Waals surface area contributed by atoms with Crippen LogP contribution >= 0.6 is 11.8 Å². The SMILES string of the molecule is O=C(CCCCCn1c(SCC(=O)Nc2ccc(F)cc2)nc2cc3c(cc2c1=O)OCO3)NCc1ccc2c(c1)OCO2. The standard InChI is InChI=1S/C31H29FN4O7S/c32-20-6-8-21(9-7-20)34-29(38)16-44-31-35-23-14-27-26(42-18-43-27)13-22(23)30(39)36(31)11-3-1-2-4-28(37)33-15-19-5-10-24-25(12-19)41-17-40-24/h5-10,12-14H,1-4,11,15-18H2,(H,33,37)(H,34,38). The first-order valence-electron chi connectivity index (χ1n) is 14.1. The zero-order chi connectivity index (χ0) is 30.5. The van der Waals surface area contributed by atoms with Crippen LogP contribution in [0.1, 0.15) is 31.2 Å². The van der Waals surface area contributed by atoms with Crippen LogP contribution in [0, 0.1) is 5.82 Å². The minimum absolute atomic E-state index is 0.0105. The van der Waals surface area contributed by atoms with E-state index in [-0.39, 0.29) is 36.7 Å². The Morgan fingerprint density at radius 1 is 0.864 bits per heavy atom. The van der Waals surface area contributed by atoms with Gasteiger partial charge in [-0.1, -0.05) is 24.2 Å². The molecular formula is C31H29FN4O7S. The molecule has 0 atom stereocenters. The first-order valence-corrected chi connectivity index (χ1v) is 15.1. The highest BCUT2D eigenvalue weighted by Crippen LogP contribution is 2.35. The van der Waals surface area contributed by atoms with Gasteiger partial charge in [0.25, 0.3) is 5.56 Å². The van der Waals surface area contributed by atoms with E-state index in [0.29, 0.717) is 83.5 Å². The lowest BCUT2D eigenvalue weighted by Gasteiger charge is -2.14. The second-order valence-electron chi connectivity index (χ2n) is 10.2. The van der Waals surface area contributed by atoms with E-state index in [0.717, 1.165) is 17.3 Å². The number of ether oxygens (including phenoxy) is 4. The normalized spacial score (nSPS) is 12.8. The van der Waals surface area contributed by atoms with Crippen LogP contribution in [-0.2, 0) is 22.7 Å². The summed E-state index contributed by atoms with van der Waals surface area (Å²) in [5.41, 5.74) is 1.57. The minimum Gasteiger partial charge on any atom is -0.454 e. The van der Waals surface area contributed by atoms with Gasteiger partial charge in [0.15, 0.2) is 28.2 Å². The summed E-state index contributed by atoms with van der Waals surface area (Å²) in [4.78, 5) is 43.3. The van der Waals surface area contributed by atoms with Crippen LogP contribution in [0.3, 0.4) is 0 Å². The molecule has 4 aromatic rings. The van der Waals surface area contributed by atoms with Crippen LogP contribution in [0.15, 0.2) is 64.5 Å². The summed E-state index contributed by atoms with van der Waals surface area (Å²) < 4.78 is 36.4. The van der Waals surface area contributed by atoms with Gasteiger partial charge in [-0.15, -0.1) is 0 Å². The van der Waals surface area contributed by atoms with Crippen molar-refractivity contribution >= 4 is 40.2 Å². The van der Waals surface area contributed by atoms with Crippen LogP contribution in [0.4, 0.5) is 10.1 Å². The number of aromatic nitrogens is 2. The van der Waals surface area contributed by atoms with Crippen LogP contribution in [0.25, 0.3) is 10.9 Å². The summed E-state index contributed by atoms with van der Waals surface area (Å²) in [6.07, 6.45) is 2.33. The summed E-state index contributed by atoms with van der Waals surface area (Å²) in [6.45, 7) is 1.01. The van der Waals surface area contributed by atoms with E-state index in [4.69, 9.17) is 18.9 Å². The number of nitrogens with one attached hydrogen (secondary N) is 2. The number of hydrogen-bond donors (Lipinski definition) is 2. The Kier molecular flexibility index (Phi) is 8.82. The minimum atomic E-state index is -0.399. The molecule has 0 bridgehead atoms. The van der Waals surface area contributed by atoms with Crippen molar-refractivity contribution in [3.8, 4) is 23.0 Å². The van der Waals surface area contributed by atoms with Crippen molar-refractivity contribution in [1.82, 2.24) is 14.9 Å². The summed E-state index contributed by atoms with van der Waals surface area (Å²) >= 11 is 1.13. The molecule has 6 rings (SSSR count). The van der Waals surface area contributed by atoms with E-state index in [9.17, 15) is 18.8 Å². The molecule has 2 N–H and O–H groups in total. The number of anilines is 1. The highest BCUT2D eigenvalue weighted by molar-refractivity contribution is 7.99. The Hall–Kier alpha value is -4.78. The zero-order valence-electron chi connectivity index (χ0n) is 23.6. The van der Waals surface area contributed by atoms with Crippen LogP contribution in [0.5, 0.6) is 23.0 Å². The lowest BCUT2D eigenvalue weighted by Crippen LogP contribution is -2.25. The second kappa shape index (κ2) is 13.2. The largest absolute Gasteiger partial charge is 0.454 e. The summed E-state index contributed by atoms with van der Waals surface area (Å²) in [7, 11) is 0. The third-order valence-corrected chi connectivity index (χ3v) is 8.06. The van der Waals surface area contributed by atoms with E-state index < -0.39 is 5.82 Å². The van der Waals surface area contributed by atoms with Crippen molar-refractivity contribution < 1.29 is 32.9 Å². The van der Waals surface area contributed by atoms with Gasteiger partial charge in [0, 0.05) is 31.3 Å². The smallest absolute Gasteiger partial charge is 0.262 e. The van der Waals surface area contributed by atoms with E-state index in [1.165, 1.54) is 24.3 Å². The first-order chi connectivity index (χ1) is 21.4. The van der Waals surface area contributed by atoms with Gasteiger partial charge < -0.3 is 29.6 Å². The Morgan fingerprint density at radius 3 is 2.39 bits per heavy atom. The topological polar surface area (TPSA) is 130 Å². The van der Waals surface area contributed by atoms with Crippen molar-refractivity contribution in [2.24, 2.45) is 0 Å². The molecule has 2 amide bonds. The number of amides is 2. The fraction of sp³-hybridized carbons (Fsp3) is 0.290. The van der Waals surface area contributed by atoms with Gasteiger partial charge in [-0.25, -0.2) is 9.37 Å². The van der Waals surface area contributed by atoms with Gasteiger partial charge in [0.2, 0.25) is 25.4 Å². The second-order valence-corrected chi connectivity index (χ2v) is 11.1. The number of rotatable bonds is 12. The maximum absolute atomic E-state index is 13.6. The molecule has 0 spiro atoms. The molecule has 3 aromatic carbocycles. The third kappa shape index (κ3) is 6.88. The van der Waals surface area contributed by atoms with E-state index >= 15 is 0 Å². The fourth-order valence-corrected chi connectivity index (χ4v) is 5.66. The Morgan fingerprint density at radius 2 is 1.59 bits per heavy atom. The molecular weight excluding hydrogens is 591 g/mol. The summed E-state index contributed by atoms with van der Waals surface area (Å²) in [6, 6.07) is 14.3. The molecule has 228 valence electrons. The number of hydrogen-bond acceptors (Lipinski definition) is 9. The molecule has 0 unspecified atom stereocenters. The number of carbonyl (C=O) groups excluding carboxylic acids is 2. The average molecular weight is 621 g/mol. The van der Waals surface area contributed by atoms with Crippen molar-refractivity contribution in [3.63, 3.8) is 0 Å². The van der Waals surface area contributed by atoms with Gasteiger partial charge in [-0.3, -0.25) is 19.0 Å². The molecule has 11 nitrogen and oxygen atoms in total. The molecule has 44 heavy (non-hydrogen) atoms. The quantitative estimate of drug-likeness (QED) is 0.133. The maximum Gasteiger partial charge on any atom is 0.262 e. The molecule has 0 saturated heterocycles. The molecule has 2 aliphatic rings. The van der Waals surface area contributed by atoms with Crippen molar-refractivity contribution in [2.45, 2.75) is 43.9 Å². The predicted molar refractivity (Wildman–Crippen MR) is 161 cm³/mol. The zero-order valence-corrected chi connectivity index (χ0v) is 24.4. The fourth-order valence-electron chi connectivity index (χ4n) is 4.83. The number of nitrogens with zero attached hydrogens (tertiary/aromatic N) is 2. The number of thioether (sulfide) groups is 1. The lowest BCUT2D eigenvalue weighted by molar-refractivity contribution is -0.121. The number of fused-ring (bicyclic) bond motifs is 3. The molecule has 0 fully saturated rings. The van der Waals surface area contributed by atoms with Crippen molar-refractivity contribution in [2.75, 3.05) is 24.7 Å². The van der Waals surface area contributed by atoms with Crippen LogP contribution < -0.4 is 35.1 Å². The van der Waals surface area contributed by atoms with Crippen molar-refractivity contribution in [1.29, 1.82) is 0 Å². The summed E-state index contributed by atoms with van der Waals surface area (Å²) in [5, 5.41) is 6.41. The van der Waals surface area contributed by atoms with E-state index in [2.05, 4.69) is 15.6 Å². The predicted octanol–water partition coefficient (Wildman–Crippen LogP) is 4.60. The average Bonchev–Trinajstić information content (AvgIpc) is 3.69. The highest BCUT2D eigenvalue weighted by Gasteiger charge is 2.20. The maximum atomic E-state index is 13.6. The molecule has 0 aliphatic carbocycles.